The molecule has 0 aliphatic heterocycles. The van der Waals surface area contributed by atoms with Gasteiger partial charge in [0.1, 0.15) is 5.75 Å². The number of halogens is 2. The highest BCUT2D eigenvalue weighted by Crippen LogP contribution is 2.22. The third kappa shape index (κ3) is 5.26. The van der Waals surface area contributed by atoms with E-state index in [9.17, 15) is 13.6 Å². The zero-order valence-corrected chi connectivity index (χ0v) is 14.2. The van der Waals surface area contributed by atoms with Crippen molar-refractivity contribution >= 4 is 5.91 Å². The molecule has 0 fully saturated rings. The molecular formula is C19H22F2N2O2. The number of carbonyl (C=O) groups excluding carboxylic acids is 1. The number of amides is 1. The molecule has 2 aromatic carbocycles. The minimum absolute atomic E-state index is 0.0803. The van der Waals surface area contributed by atoms with Crippen LogP contribution in [-0.2, 0) is 4.79 Å². The highest BCUT2D eigenvalue weighted by atomic mass is 19.3. The first-order valence-electron chi connectivity index (χ1n) is 8.04. The molecule has 3 unspecified atom stereocenters. The van der Waals surface area contributed by atoms with E-state index >= 15 is 0 Å². The number of hydrogen-bond acceptors (Lipinski definition) is 3. The van der Waals surface area contributed by atoms with E-state index in [4.69, 9.17) is 5.73 Å². The predicted molar refractivity (Wildman–Crippen MR) is 92.2 cm³/mol. The van der Waals surface area contributed by atoms with Crippen LogP contribution >= 0.6 is 0 Å². The third-order valence-electron chi connectivity index (χ3n) is 4.10. The summed E-state index contributed by atoms with van der Waals surface area (Å²) in [5.74, 6) is -0.500. The van der Waals surface area contributed by atoms with E-state index in [-0.39, 0.29) is 17.7 Å². The summed E-state index contributed by atoms with van der Waals surface area (Å²) >= 11 is 0. The van der Waals surface area contributed by atoms with Gasteiger partial charge < -0.3 is 15.8 Å². The molecule has 134 valence electrons. The predicted octanol–water partition coefficient (Wildman–Crippen LogP) is 3.80. The number of benzene rings is 2. The van der Waals surface area contributed by atoms with Crippen LogP contribution in [0.1, 0.15) is 37.1 Å². The molecule has 0 heterocycles. The van der Waals surface area contributed by atoms with Gasteiger partial charge in [0.25, 0.3) is 0 Å². The van der Waals surface area contributed by atoms with E-state index < -0.39 is 18.6 Å². The number of nitrogens with two attached hydrogens (primary N) is 1. The molecule has 0 aromatic heterocycles. The second-order valence-corrected chi connectivity index (χ2v) is 5.90. The standard InChI is InChI=1S/C19H22F2N2O2/c1-12(17(22)15-6-4-3-5-7-15)18(24)23-13(2)14-8-10-16(11-9-14)25-19(20)21/h3-13,17,19H,22H2,1-2H3,(H,23,24). The molecule has 0 bridgehead atoms. The van der Waals surface area contributed by atoms with Gasteiger partial charge >= 0.3 is 6.61 Å². The fourth-order valence-electron chi connectivity index (χ4n) is 2.49. The number of alkyl halides is 2. The van der Waals surface area contributed by atoms with Gasteiger partial charge in [0.15, 0.2) is 0 Å². The Morgan fingerprint density at radius 3 is 2.16 bits per heavy atom. The Bertz CT molecular complexity index is 678. The Morgan fingerprint density at radius 2 is 1.60 bits per heavy atom. The Balaban J connectivity index is 1.97. The molecule has 2 aromatic rings. The van der Waals surface area contributed by atoms with Gasteiger partial charge in [0.05, 0.1) is 12.0 Å². The Kier molecular flexibility index (Phi) is 6.47. The van der Waals surface area contributed by atoms with Gasteiger partial charge in [-0.05, 0) is 30.2 Å². The van der Waals surface area contributed by atoms with Crippen LogP contribution in [0.3, 0.4) is 0 Å². The maximum atomic E-state index is 12.4. The molecule has 4 nitrogen and oxygen atoms in total. The summed E-state index contributed by atoms with van der Waals surface area (Å²) in [6, 6.07) is 14.9. The van der Waals surface area contributed by atoms with Crippen LogP contribution in [0.5, 0.6) is 5.75 Å². The van der Waals surface area contributed by atoms with Crippen LogP contribution in [-0.4, -0.2) is 12.5 Å². The van der Waals surface area contributed by atoms with Crippen molar-refractivity contribution in [3.05, 3.63) is 65.7 Å². The van der Waals surface area contributed by atoms with Gasteiger partial charge in [-0.2, -0.15) is 8.78 Å². The van der Waals surface area contributed by atoms with Crippen LogP contribution in [0.4, 0.5) is 8.78 Å². The number of rotatable bonds is 7. The lowest BCUT2D eigenvalue weighted by atomic mass is 9.94. The Hall–Kier alpha value is -2.47. The lowest BCUT2D eigenvalue weighted by Crippen LogP contribution is -2.36. The molecule has 0 saturated heterocycles. The first kappa shape index (κ1) is 18.9. The summed E-state index contributed by atoms with van der Waals surface area (Å²) < 4.78 is 28.6. The van der Waals surface area contributed by atoms with E-state index in [1.54, 1.807) is 19.1 Å². The largest absolute Gasteiger partial charge is 0.435 e. The van der Waals surface area contributed by atoms with Gasteiger partial charge in [-0.1, -0.05) is 49.4 Å². The first-order chi connectivity index (χ1) is 11.9. The molecule has 0 aliphatic rings. The minimum Gasteiger partial charge on any atom is -0.435 e. The van der Waals surface area contributed by atoms with Crippen LogP contribution in [0.15, 0.2) is 54.6 Å². The van der Waals surface area contributed by atoms with Gasteiger partial charge in [0.2, 0.25) is 5.91 Å². The molecule has 0 spiro atoms. The lowest BCUT2D eigenvalue weighted by molar-refractivity contribution is -0.125. The quantitative estimate of drug-likeness (QED) is 0.800. The van der Waals surface area contributed by atoms with Crippen LogP contribution in [0.2, 0.25) is 0 Å². The molecule has 0 saturated carbocycles. The molecule has 3 atom stereocenters. The van der Waals surface area contributed by atoms with Gasteiger partial charge in [-0.25, -0.2) is 0 Å². The average Bonchev–Trinajstić information content (AvgIpc) is 2.61. The van der Waals surface area contributed by atoms with E-state index in [1.807, 2.05) is 37.3 Å². The monoisotopic (exact) mass is 348 g/mol. The minimum atomic E-state index is -2.86. The van der Waals surface area contributed by atoms with Crippen molar-refractivity contribution in [2.24, 2.45) is 11.7 Å². The fourth-order valence-corrected chi connectivity index (χ4v) is 2.49. The van der Waals surface area contributed by atoms with E-state index in [2.05, 4.69) is 10.1 Å². The Labute approximate surface area is 146 Å². The van der Waals surface area contributed by atoms with Crippen molar-refractivity contribution in [1.29, 1.82) is 0 Å². The summed E-state index contributed by atoms with van der Waals surface area (Å²) in [5, 5.41) is 2.90. The summed E-state index contributed by atoms with van der Waals surface area (Å²) in [5.41, 5.74) is 7.85. The van der Waals surface area contributed by atoms with Crippen LogP contribution in [0, 0.1) is 5.92 Å². The molecule has 3 N–H and O–H groups in total. The molecular weight excluding hydrogens is 326 g/mol. The normalized spacial score (nSPS) is 14.6. The molecule has 0 aliphatic carbocycles. The van der Waals surface area contributed by atoms with Crippen LogP contribution < -0.4 is 15.8 Å². The zero-order valence-electron chi connectivity index (χ0n) is 14.2. The van der Waals surface area contributed by atoms with Gasteiger partial charge in [-0.15, -0.1) is 0 Å². The zero-order chi connectivity index (χ0) is 18.4. The second-order valence-electron chi connectivity index (χ2n) is 5.90. The van der Waals surface area contributed by atoms with E-state index in [1.165, 1.54) is 12.1 Å². The van der Waals surface area contributed by atoms with Crippen molar-refractivity contribution in [3.63, 3.8) is 0 Å². The SMILES string of the molecule is CC(NC(=O)C(C)C(N)c1ccccc1)c1ccc(OC(F)F)cc1. The first-order valence-corrected chi connectivity index (χ1v) is 8.04. The molecule has 0 radical (unpaired) electrons. The highest BCUT2D eigenvalue weighted by Gasteiger charge is 2.23. The number of carbonyl (C=O) groups is 1. The Morgan fingerprint density at radius 1 is 1.00 bits per heavy atom. The van der Waals surface area contributed by atoms with Crippen molar-refractivity contribution in [2.45, 2.75) is 32.5 Å². The fraction of sp³-hybridized carbons (Fsp3) is 0.316. The van der Waals surface area contributed by atoms with Crippen LogP contribution in [0.25, 0.3) is 0 Å². The average molecular weight is 348 g/mol. The topological polar surface area (TPSA) is 64.4 Å². The summed E-state index contributed by atoms with van der Waals surface area (Å²) in [6.07, 6.45) is 0. The maximum Gasteiger partial charge on any atom is 0.387 e. The summed E-state index contributed by atoms with van der Waals surface area (Å²) in [6.45, 7) is 0.740. The van der Waals surface area contributed by atoms with Crippen molar-refractivity contribution in [3.8, 4) is 5.75 Å². The highest BCUT2D eigenvalue weighted by molar-refractivity contribution is 5.79. The van der Waals surface area contributed by atoms with Crippen molar-refractivity contribution in [2.75, 3.05) is 0 Å². The number of ether oxygens (including phenoxy) is 1. The van der Waals surface area contributed by atoms with E-state index in [0.717, 1.165) is 11.1 Å². The van der Waals surface area contributed by atoms with E-state index in [0.29, 0.717) is 0 Å². The smallest absolute Gasteiger partial charge is 0.387 e. The van der Waals surface area contributed by atoms with Crippen molar-refractivity contribution < 1.29 is 18.3 Å². The molecule has 1 amide bonds. The molecule has 2 rings (SSSR count). The third-order valence-corrected chi connectivity index (χ3v) is 4.10. The second kappa shape index (κ2) is 8.58. The van der Waals surface area contributed by atoms with Crippen molar-refractivity contribution in [1.82, 2.24) is 5.32 Å². The lowest BCUT2D eigenvalue weighted by Gasteiger charge is -2.22. The summed E-state index contributed by atoms with van der Waals surface area (Å²) in [7, 11) is 0. The molecule has 25 heavy (non-hydrogen) atoms. The maximum absolute atomic E-state index is 12.4. The van der Waals surface area contributed by atoms with Gasteiger partial charge in [0, 0.05) is 6.04 Å². The molecule has 6 heteroatoms. The number of hydrogen-bond donors (Lipinski definition) is 2. The number of nitrogens with one attached hydrogen (secondary N) is 1. The summed E-state index contributed by atoms with van der Waals surface area (Å²) in [4.78, 5) is 12.4. The van der Waals surface area contributed by atoms with Gasteiger partial charge in [-0.3, -0.25) is 4.79 Å².